The van der Waals surface area contributed by atoms with Gasteiger partial charge in [0.1, 0.15) is 6.26 Å². The van der Waals surface area contributed by atoms with E-state index < -0.39 is 0 Å². The van der Waals surface area contributed by atoms with Gasteiger partial charge in [-0.15, -0.1) is 0 Å². The lowest BCUT2D eigenvalue weighted by molar-refractivity contribution is 0.349. The van der Waals surface area contributed by atoms with E-state index in [4.69, 9.17) is 32.7 Å². The van der Waals surface area contributed by atoms with Crippen LogP contribution in [0.4, 0.5) is 0 Å². The Hall–Kier alpha value is -0.860. The average Bonchev–Trinajstić information content (AvgIpc) is 2.03. The van der Waals surface area contributed by atoms with Gasteiger partial charge in [-0.25, -0.2) is 0 Å². The highest BCUT2D eigenvalue weighted by Crippen LogP contribution is 2.35. The molecule has 0 aliphatic carbocycles. The molecule has 0 radical (unpaired) electrons. The van der Waals surface area contributed by atoms with Crippen LogP contribution in [0.2, 0.25) is 5.02 Å². The summed E-state index contributed by atoms with van der Waals surface area (Å²) in [6.07, 6.45) is 1.33. The van der Waals surface area contributed by atoms with Gasteiger partial charge in [-0.05, 0) is 23.7 Å². The molecule has 0 aromatic heterocycles. The minimum absolute atomic E-state index is 0.199. The van der Waals surface area contributed by atoms with E-state index in [0.717, 1.165) is 0 Å². The van der Waals surface area contributed by atoms with Gasteiger partial charge in [0.2, 0.25) is 5.22 Å². The molecule has 2 rings (SSSR count). The van der Waals surface area contributed by atoms with E-state index in [0.29, 0.717) is 16.5 Å². The summed E-state index contributed by atoms with van der Waals surface area (Å²) < 4.78 is 10.2. The third-order valence-electron chi connectivity index (χ3n) is 1.39. The highest BCUT2D eigenvalue weighted by atomic mass is 35.5. The maximum atomic E-state index is 5.73. The van der Waals surface area contributed by atoms with E-state index in [1.54, 1.807) is 18.2 Å². The number of hydrogen-bond acceptors (Lipinski definition) is 2. The zero-order valence-corrected chi connectivity index (χ0v) is 7.39. The number of ether oxygens (including phenoxy) is 2. The van der Waals surface area contributed by atoms with Crippen molar-refractivity contribution in [3.63, 3.8) is 0 Å². The molecular weight excluding hydrogens is 199 g/mol. The molecule has 4 heteroatoms. The van der Waals surface area contributed by atoms with Crippen LogP contribution in [-0.4, -0.2) is 0 Å². The second kappa shape index (κ2) is 2.88. The Morgan fingerprint density at radius 3 is 2.75 bits per heavy atom. The fourth-order valence-corrected chi connectivity index (χ4v) is 1.19. The second-order valence-electron chi connectivity index (χ2n) is 2.23. The van der Waals surface area contributed by atoms with Gasteiger partial charge >= 0.3 is 0 Å². The van der Waals surface area contributed by atoms with Gasteiger partial charge in [-0.1, -0.05) is 11.6 Å². The highest BCUT2D eigenvalue weighted by Gasteiger charge is 2.12. The number of halogens is 2. The Kier molecular flexibility index (Phi) is 1.87. The molecule has 1 heterocycles. The number of fused-ring (bicyclic) bond motifs is 1. The molecule has 0 bridgehead atoms. The minimum Gasteiger partial charge on any atom is -0.456 e. The van der Waals surface area contributed by atoms with Gasteiger partial charge in [0.05, 0.1) is 0 Å². The van der Waals surface area contributed by atoms with Crippen LogP contribution in [0.5, 0.6) is 11.5 Å². The molecule has 62 valence electrons. The van der Waals surface area contributed by atoms with Crippen molar-refractivity contribution in [3.05, 3.63) is 34.7 Å². The van der Waals surface area contributed by atoms with Crippen molar-refractivity contribution in [2.24, 2.45) is 0 Å². The molecule has 1 aliphatic rings. The van der Waals surface area contributed by atoms with Crippen LogP contribution < -0.4 is 9.47 Å². The molecule has 0 unspecified atom stereocenters. The van der Waals surface area contributed by atoms with Gasteiger partial charge in [-0.2, -0.15) is 0 Å². The fourth-order valence-electron chi connectivity index (χ4n) is 0.898. The molecule has 0 fully saturated rings. The van der Waals surface area contributed by atoms with Gasteiger partial charge in [0, 0.05) is 11.1 Å². The number of hydrogen-bond donors (Lipinski definition) is 0. The van der Waals surface area contributed by atoms with Crippen LogP contribution in [0.1, 0.15) is 0 Å². The maximum Gasteiger partial charge on any atom is 0.229 e. The first-order valence-corrected chi connectivity index (χ1v) is 4.01. The zero-order valence-electron chi connectivity index (χ0n) is 5.88. The van der Waals surface area contributed by atoms with Crippen molar-refractivity contribution in [2.75, 3.05) is 0 Å². The smallest absolute Gasteiger partial charge is 0.229 e. The summed E-state index contributed by atoms with van der Waals surface area (Å²) in [5, 5.41) is 0.786. The first-order chi connectivity index (χ1) is 5.75. The van der Waals surface area contributed by atoms with E-state index in [9.17, 15) is 0 Å². The summed E-state index contributed by atoms with van der Waals surface area (Å²) in [4.78, 5) is 0. The molecule has 1 aliphatic heterocycles. The Bertz CT molecular complexity index is 347. The Balaban J connectivity index is 2.43. The fraction of sp³-hybridized carbons (Fsp3) is 0. The molecule has 0 atom stereocenters. The second-order valence-corrected chi connectivity index (χ2v) is 3.04. The summed E-state index contributed by atoms with van der Waals surface area (Å²) in [7, 11) is 0. The average molecular weight is 203 g/mol. The van der Waals surface area contributed by atoms with E-state index >= 15 is 0 Å². The predicted molar refractivity (Wildman–Crippen MR) is 46.6 cm³/mol. The van der Waals surface area contributed by atoms with Crippen LogP contribution in [0.3, 0.4) is 0 Å². The molecule has 2 nitrogen and oxygen atoms in total. The molecule has 1 aromatic rings. The van der Waals surface area contributed by atoms with Crippen molar-refractivity contribution >= 4 is 23.2 Å². The molecule has 0 saturated heterocycles. The SMILES string of the molecule is ClC1=COc2ccc(Cl)cc2O1. The number of benzene rings is 1. The lowest BCUT2D eigenvalue weighted by Crippen LogP contribution is -1.99. The van der Waals surface area contributed by atoms with Gasteiger partial charge in [0.25, 0.3) is 0 Å². The van der Waals surface area contributed by atoms with Crippen LogP contribution >= 0.6 is 23.2 Å². The zero-order chi connectivity index (χ0) is 8.55. The van der Waals surface area contributed by atoms with Gasteiger partial charge in [-0.3, -0.25) is 0 Å². The standard InChI is InChI=1S/C8H4Cl2O2/c9-5-1-2-6-7(3-5)12-8(10)4-11-6/h1-4H. The van der Waals surface area contributed by atoms with E-state index in [-0.39, 0.29) is 5.22 Å². The molecule has 0 spiro atoms. The van der Waals surface area contributed by atoms with Crippen LogP contribution in [-0.2, 0) is 0 Å². The van der Waals surface area contributed by atoms with Crippen molar-refractivity contribution in [3.8, 4) is 11.5 Å². The molecule has 0 amide bonds. The summed E-state index contributed by atoms with van der Waals surface area (Å²) in [5.41, 5.74) is 0. The molecular formula is C8H4Cl2O2. The van der Waals surface area contributed by atoms with Crippen molar-refractivity contribution in [2.45, 2.75) is 0 Å². The van der Waals surface area contributed by atoms with Crippen molar-refractivity contribution < 1.29 is 9.47 Å². The first-order valence-electron chi connectivity index (χ1n) is 3.25. The highest BCUT2D eigenvalue weighted by molar-refractivity contribution is 6.31. The summed E-state index contributed by atoms with van der Waals surface area (Å²) in [6.45, 7) is 0. The third kappa shape index (κ3) is 1.36. The van der Waals surface area contributed by atoms with Crippen LogP contribution in [0, 0.1) is 0 Å². The molecule has 0 saturated carbocycles. The number of rotatable bonds is 0. The predicted octanol–water partition coefficient (Wildman–Crippen LogP) is 3.15. The summed E-state index contributed by atoms with van der Waals surface area (Å²) in [5.74, 6) is 1.15. The van der Waals surface area contributed by atoms with Crippen molar-refractivity contribution in [1.82, 2.24) is 0 Å². The van der Waals surface area contributed by atoms with E-state index in [1.807, 2.05) is 0 Å². The lowest BCUT2D eigenvalue weighted by atomic mass is 10.3. The van der Waals surface area contributed by atoms with Crippen LogP contribution in [0.25, 0.3) is 0 Å². The quantitative estimate of drug-likeness (QED) is 0.644. The van der Waals surface area contributed by atoms with Gasteiger partial charge < -0.3 is 9.47 Å². The van der Waals surface area contributed by atoms with Gasteiger partial charge in [0.15, 0.2) is 11.5 Å². The normalized spacial score (nSPS) is 14.0. The molecule has 1 aromatic carbocycles. The Morgan fingerprint density at radius 1 is 1.08 bits per heavy atom. The van der Waals surface area contributed by atoms with E-state index in [1.165, 1.54) is 6.26 Å². The largest absolute Gasteiger partial charge is 0.456 e. The Labute approximate surface area is 79.3 Å². The monoisotopic (exact) mass is 202 g/mol. The van der Waals surface area contributed by atoms with Crippen molar-refractivity contribution in [1.29, 1.82) is 0 Å². The lowest BCUT2D eigenvalue weighted by Gasteiger charge is -2.14. The van der Waals surface area contributed by atoms with E-state index in [2.05, 4.69) is 0 Å². The third-order valence-corrected chi connectivity index (χ3v) is 1.79. The molecule has 0 N–H and O–H groups in total. The molecule has 12 heavy (non-hydrogen) atoms. The maximum absolute atomic E-state index is 5.73. The summed E-state index contributed by atoms with van der Waals surface area (Å²) in [6, 6.07) is 5.08. The summed E-state index contributed by atoms with van der Waals surface area (Å²) >= 11 is 11.3. The minimum atomic E-state index is 0.199. The Morgan fingerprint density at radius 2 is 1.92 bits per heavy atom. The van der Waals surface area contributed by atoms with Crippen LogP contribution in [0.15, 0.2) is 29.7 Å². The first kappa shape index (κ1) is 7.77. The topological polar surface area (TPSA) is 18.5 Å².